The van der Waals surface area contributed by atoms with Crippen LogP contribution in [0.5, 0.6) is 0 Å². The minimum Gasteiger partial charge on any atom is -0.372 e. The lowest BCUT2D eigenvalue weighted by Gasteiger charge is -2.35. The molecule has 2 aliphatic rings. The average molecular weight is 299 g/mol. The SMILES string of the molecule is C=CCC[C@H](c1ccc(N2CCCC2)cc1)N1CCNCC1. The van der Waals surface area contributed by atoms with Gasteiger partial charge in [0, 0.05) is 51.0 Å². The van der Waals surface area contributed by atoms with Crippen molar-refractivity contribution in [2.24, 2.45) is 0 Å². The number of piperazine rings is 1. The summed E-state index contributed by atoms with van der Waals surface area (Å²) in [5.74, 6) is 0. The molecule has 0 aliphatic carbocycles. The molecule has 1 aromatic rings. The van der Waals surface area contributed by atoms with Crippen molar-refractivity contribution in [2.45, 2.75) is 31.7 Å². The molecule has 3 nitrogen and oxygen atoms in total. The fourth-order valence-electron chi connectivity index (χ4n) is 3.71. The van der Waals surface area contributed by atoms with Gasteiger partial charge in [0.15, 0.2) is 0 Å². The van der Waals surface area contributed by atoms with Crippen LogP contribution >= 0.6 is 0 Å². The summed E-state index contributed by atoms with van der Waals surface area (Å²) in [4.78, 5) is 5.14. The monoisotopic (exact) mass is 299 g/mol. The number of anilines is 1. The molecule has 2 fully saturated rings. The van der Waals surface area contributed by atoms with E-state index in [1.165, 1.54) is 43.6 Å². The zero-order valence-corrected chi connectivity index (χ0v) is 13.6. The Balaban J connectivity index is 1.72. The van der Waals surface area contributed by atoms with Gasteiger partial charge in [0.25, 0.3) is 0 Å². The van der Waals surface area contributed by atoms with Crippen molar-refractivity contribution in [1.29, 1.82) is 0 Å². The first-order chi connectivity index (χ1) is 10.9. The van der Waals surface area contributed by atoms with Crippen molar-refractivity contribution < 1.29 is 0 Å². The molecule has 0 saturated carbocycles. The molecule has 120 valence electrons. The Morgan fingerprint density at radius 1 is 1.05 bits per heavy atom. The highest BCUT2D eigenvalue weighted by molar-refractivity contribution is 5.48. The summed E-state index contributed by atoms with van der Waals surface area (Å²) in [6, 6.07) is 9.88. The van der Waals surface area contributed by atoms with E-state index in [1.807, 2.05) is 6.08 Å². The Hall–Kier alpha value is -1.32. The molecule has 22 heavy (non-hydrogen) atoms. The molecule has 0 spiro atoms. The zero-order valence-electron chi connectivity index (χ0n) is 13.6. The van der Waals surface area contributed by atoms with Gasteiger partial charge in [0.2, 0.25) is 0 Å². The van der Waals surface area contributed by atoms with E-state index in [0.717, 1.165) is 32.6 Å². The van der Waals surface area contributed by atoms with Gasteiger partial charge in [-0.25, -0.2) is 0 Å². The maximum absolute atomic E-state index is 3.90. The summed E-state index contributed by atoms with van der Waals surface area (Å²) < 4.78 is 0. The van der Waals surface area contributed by atoms with Crippen LogP contribution in [0.15, 0.2) is 36.9 Å². The Morgan fingerprint density at radius 3 is 2.36 bits per heavy atom. The molecule has 2 aliphatic heterocycles. The van der Waals surface area contributed by atoms with Gasteiger partial charge >= 0.3 is 0 Å². The van der Waals surface area contributed by atoms with Crippen LogP contribution < -0.4 is 10.2 Å². The van der Waals surface area contributed by atoms with Crippen LogP contribution in [0.2, 0.25) is 0 Å². The van der Waals surface area contributed by atoms with Crippen molar-refractivity contribution in [2.75, 3.05) is 44.2 Å². The maximum atomic E-state index is 3.90. The van der Waals surface area contributed by atoms with Crippen molar-refractivity contribution in [3.63, 3.8) is 0 Å². The van der Waals surface area contributed by atoms with Gasteiger partial charge in [-0.2, -0.15) is 0 Å². The third kappa shape index (κ3) is 3.71. The topological polar surface area (TPSA) is 18.5 Å². The number of nitrogens with zero attached hydrogens (tertiary/aromatic N) is 2. The van der Waals surface area contributed by atoms with Crippen LogP contribution in [-0.4, -0.2) is 44.2 Å². The summed E-state index contributed by atoms with van der Waals surface area (Å²) in [6.45, 7) is 10.9. The highest BCUT2D eigenvalue weighted by atomic mass is 15.2. The second kappa shape index (κ2) is 7.80. The quantitative estimate of drug-likeness (QED) is 0.814. The number of hydrogen-bond donors (Lipinski definition) is 1. The van der Waals surface area contributed by atoms with Crippen molar-refractivity contribution in [3.05, 3.63) is 42.5 Å². The molecule has 2 heterocycles. The smallest absolute Gasteiger partial charge is 0.0366 e. The van der Waals surface area contributed by atoms with Crippen LogP contribution in [0, 0.1) is 0 Å². The lowest BCUT2D eigenvalue weighted by atomic mass is 9.99. The van der Waals surface area contributed by atoms with E-state index in [-0.39, 0.29) is 0 Å². The lowest BCUT2D eigenvalue weighted by molar-refractivity contribution is 0.166. The van der Waals surface area contributed by atoms with Crippen molar-refractivity contribution >= 4 is 5.69 Å². The van der Waals surface area contributed by atoms with E-state index < -0.39 is 0 Å². The number of rotatable bonds is 6. The molecule has 0 unspecified atom stereocenters. The third-order valence-electron chi connectivity index (χ3n) is 4.99. The molecule has 1 N–H and O–H groups in total. The fourth-order valence-corrected chi connectivity index (χ4v) is 3.71. The summed E-state index contributed by atoms with van der Waals surface area (Å²) in [5, 5.41) is 3.45. The van der Waals surface area contributed by atoms with E-state index in [9.17, 15) is 0 Å². The zero-order chi connectivity index (χ0) is 15.2. The number of allylic oxidation sites excluding steroid dienone is 1. The lowest BCUT2D eigenvalue weighted by Crippen LogP contribution is -2.45. The number of nitrogens with one attached hydrogen (secondary N) is 1. The Labute approximate surface area is 135 Å². The first-order valence-corrected chi connectivity index (χ1v) is 8.79. The van der Waals surface area contributed by atoms with Crippen LogP contribution in [0.3, 0.4) is 0 Å². The normalized spacial score (nSPS) is 21.0. The molecule has 0 amide bonds. The molecule has 0 bridgehead atoms. The first-order valence-electron chi connectivity index (χ1n) is 8.79. The Kier molecular flexibility index (Phi) is 5.52. The molecule has 3 rings (SSSR count). The van der Waals surface area contributed by atoms with Crippen LogP contribution in [0.4, 0.5) is 5.69 Å². The van der Waals surface area contributed by atoms with Gasteiger partial charge in [-0.3, -0.25) is 4.90 Å². The molecule has 0 aromatic heterocycles. The molecular formula is C19H29N3. The highest BCUT2D eigenvalue weighted by Gasteiger charge is 2.22. The molecule has 2 saturated heterocycles. The van der Waals surface area contributed by atoms with E-state index in [1.54, 1.807) is 0 Å². The van der Waals surface area contributed by atoms with Gasteiger partial charge < -0.3 is 10.2 Å². The van der Waals surface area contributed by atoms with Crippen molar-refractivity contribution in [3.8, 4) is 0 Å². The van der Waals surface area contributed by atoms with Crippen LogP contribution in [0.1, 0.15) is 37.3 Å². The predicted octanol–water partition coefficient (Wildman–Crippen LogP) is 3.20. The highest BCUT2D eigenvalue weighted by Crippen LogP contribution is 2.29. The second-order valence-corrected chi connectivity index (χ2v) is 6.45. The molecule has 0 radical (unpaired) electrons. The van der Waals surface area contributed by atoms with Crippen molar-refractivity contribution in [1.82, 2.24) is 10.2 Å². The first kappa shape index (κ1) is 15.6. The third-order valence-corrected chi connectivity index (χ3v) is 4.99. The summed E-state index contributed by atoms with van der Waals surface area (Å²) in [5.41, 5.74) is 2.86. The van der Waals surface area contributed by atoms with Gasteiger partial charge in [-0.1, -0.05) is 18.2 Å². The van der Waals surface area contributed by atoms with E-state index >= 15 is 0 Å². The van der Waals surface area contributed by atoms with E-state index in [0.29, 0.717) is 6.04 Å². The standard InChI is InChI=1S/C19H29N3/c1-2-3-6-19(22-15-11-20-12-16-22)17-7-9-18(10-8-17)21-13-4-5-14-21/h2,7-10,19-20H,1,3-6,11-16H2/t19-/m1/s1. The van der Waals surface area contributed by atoms with Gasteiger partial charge in [0.1, 0.15) is 0 Å². The number of benzene rings is 1. The Bertz CT molecular complexity index is 456. The van der Waals surface area contributed by atoms with Gasteiger partial charge in [-0.15, -0.1) is 6.58 Å². The molecule has 1 atom stereocenters. The van der Waals surface area contributed by atoms with Gasteiger partial charge in [0.05, 0.1) is 0 Å². The van der Waals surface area contributed by atoms with E-state index in [2.05, 4.69) is 46.0 Å². The minimum atomic E-state index is 0.535. The van der Waals surface area contributed by atoms with E-state index in [4.69, 9.17) is 0 Å². The molecule has 1 aromatic carbocycles. The minimum absolute atomic E-state index is 0.535. The van der Waals surface area contributed by atoms with Crippen LogP contribution in [0.25, 0.3) is 0 Å². The summed E-state index contributed by atoms with van der Waals surface area (Å²) in [7, 11) is 0. The van der Waals surface area contributed by atoms with Crippen LogP contribution in [-0.2, 0) is 0 Å². The predicted molar refractivity (Wildman–Crippen MR) is 94.5 cm³/mol. The summed E-state index contributed by atoms with van der Waals surface area (Å²) >= 11 is 0. The largest absolute Gasteiger partial charge is 0.372 e. The number of hydrogen-bond acceptors (Lipinski definition) is 3. The van der Waals surface area contributed by atoms with Gasteiger partial charge in [-0.05, 0) is 43.4 Å². The Morgan fingerprint density at radius 2 is 1.73 bits per heavy atom. The molecule has 3 heteroatoms. The second-order valence-electron chi connectivity index (χ2n) is 6.45. The average Bonchev–Trinajstić information content (AvgIpc) is 3.11. The fraction of sp³-hybridized carbons (Fsp3) is 0.579. The summed E-state index contributed by atoms with van der Waals surface area (Å²) in [6.07, 6.45) is 6.98. The maximum Gasteiger partial charge on any atom is 0.0366 e. The molecular weight excluding hydrogens is 270 g/mol.